The summed E-state index contributed by atoms with van der Waals surface area (Å²) in [5, 5.41) is 12.0. The third-order valence-electron chi connectivity index (χ3n) is 4.79. The largest absolute Gasteiger partial charge is 0.475 e. The highest BCUT2D eigenvalue weighted by molar-refractivity contribution is 5.88. The molecule has 7 N–H and O–H groups in total. The van der Waals surface area contributed by atoms with E-state index in [9.17, 15) is 19.2 Å². The second-order valence-corrected chi connectivity index (χ2v) is 7.01. The highest BCUT2D eigenvalue weighted by Crippen LogP contribution is 2.12. The Kier molecular flexibility index (Phi) is 8.05. The van der Waals surface area contributed by atoms with E-state index in [0.29, 0.717) is 24.0 Å². The predicted octanol–water partition coefficient (Wildman–Crippen LogP) is 1.29. The van der Waals surface area contributed by atoms with Gasteiger partial charge >= 0.3 is 5.97 Å². The van der Waals surface area contributed by atoms with E-state index in [0.717, 1.165) is 16.7 Å². The number of carboxylic acid groups (broad SMARTS) is 1. The first kappa shape index (κ1) is 25.2. The molecule has 0 radical (unpaired) electrons. The van der Waals surface area contributed by atoms with Gasteiger partial charge in [0.2, 0.25) is 5.82 Å². The monoisotopic (exact) mass is 471 g/mol. The van der Waals surface area contributed by atoms with Crippen molar-refractivity contribution >= 4 is 40.7 Å². The fourth-order valence-electron chi connectivity index (χ4n) is 3.10. The Morgan fingerprint density at radius 1 is 1.09 bits per heavy atom. The molecule has 0 saturated carbocycles. The van der Waals surface area contributed by atoms with Crippen LogP contribution in [0.5, 0.6) is 0 Å². The van der Waals surface area contributed by atoms with Crippen molar-refractivity contribution < 1.29 is 9.90 Å². The summed E-state index contributed by atoms with van der Waals surface area (Å²) in [6.45, 7) is 2.69. The van der Waals surface area contributed by atoms with Gasteiger partial charge in [-0.25, -0.2) is 9.78 Å². The average molecular weight is 472 g/mol. The van der Waals surface area contributed by atoms with E-state index in [1.165, 1.54) is 0 Å². The first-order chi connectivity index (χ1) is 15.2. The molecule has 0 aliphatic rings. The van der Waals surface area contributed by atoms with Crippen molar-refractivity contribution in [3.05, 3.63) is 95.8 Å². The molecule has 10 nitrogen and oxygen atoms in total. The van der Waals surface area contributed by atoms with Crippen LogP contribution in [0.3, 0.4) is 0 Å². The molecule has 0 atom stereocenters. The zero-order valence-corrected chi connectivity index (χ0v) is 18.4. The summed E-state index contributed by atoms with van der Waals surface area (Å²) in [5.41, 5.74) is 12.8. The van der Waals surface area contributed by atoms with Crippen LogP contribution in [0.15, 0.2) is 56.8 Å². The number of carboxylic acids is 1. The quantitative estimate of drug-likeness (QED) is 0.268. The van der Waals surface area contributed by atoms with Gasteiger partial charge in [-0.1, -0.05) is 36.4 Å². The van der Waals surface area contributed by atoms with Crippen molar-refractivity contribution in [3.63, 3.8) is 0 Å². The second-order valence-electron chi connectivity index (χ2n) is 7.01. The molecule has 0 unspecified atom stereocenters. The number of halogens is 1. The molecule has 172 valence electrons. The summed E-state index contributed by atoms with van der Waals surface area (Å²) >= 11 is 0. The lowest BCUT2D eigenvalue weighted by Gasteiger charge is -2.10. The standard InChI is InChI=1S/C12H13N3O2.C10H8N2O3.ClH/c13-5-7-2-1-3-8(4-7)6-15-10-9(14)11(16)12(10)17;1-5-3-2-4-6-7(5)9(13)12-8(11-6)10(14)15;/h1-4,15H,5-6,13-14H2;2-4H,1H3,(H,14,15)(H,11,12,13);1H. The molecule has 0 aliphatic heterocycles. The fourth-order valence-corrected chi connectivity index (χ4v) is 3.10. The molecule has 0 spiro atoms. The lowest BCUT2D eigenvalue weighted by molar-refractivity contribution is 0.0683. The Morgan fingerprint density at radius 3 is 2.39 bits per heavy atom. The Bertz CT molecular complexity index is 1440. The number of benzene rings is 2. The molecule has 0 amide bonds. The van der Waals surface area contributed by atoms with Crippen LogP contribution in [0.2, 0.25) is 0 Å². The smallest absolute Gasteiger partial charge is 0.372 e. The zero-order valence-electron chi connectivity index (χ0n) is 17.5. The van der Waals surface area contributed by atoms with Gasteiger partial charge in [0, 0.05) is 13.1 Å². The first-order valence-electron chi connectivity index (χ1n) is 9.56. The summed E-state index contributed by atoms with van der Waals surface area (Å²) in [5.74, 6) is -1.58. The number of nitrogens with zero attached hydrogens (tertiary/aromatic N) is 1. The van der Waals surface area contributed by atoms with Gasteiger partial charge in [0.1, 0.15) is 11.4 Å². The van der Waals surface area contributed by atoms with E-state index >= 15 is 0 Å². The van der Waals surface area contributed by atoms with Gasteiger partial charge in [0.05, 0.1) is 10.9 Å². The topological polar surface area (TPSA) is 181 Å². The number of rotatable bonds is 5. The van der Waals surface area contributed by atoms with Crippen LogP contribution in [0, 0.1) is 6.92 Å². The van der Waals surface area contributed by atoms with Gasteiger partial charge < -0.3 is 26.9 Å². The second kappa shape index (κ2) is 10.5. The van der Waals surface area contributed by atoms with E-state index in [1.54, 1.807) is 25.1 Å². The number of aryl methyl sites for hydroxylation is 1. The molecule has 33 heavy (non-hydrogen) atoms. The molecule has 0 saturated heterocycles. The number of H-pyrrole nitrogens is 1. The predicted molar refractivity (Wildman–Crippen MR) is 129 cm³/mol. The van der Waals surface area contributed by atoms with Crippen LogP contribution in [0.25, 0.3) is 10.9 Å². The lowest BCUT2D eigenvalue weighted by atomic mass is 10.1. The summed E-state index contributed by atoms with van der Waals surface area (Å²) in [6.07, 6.45) is 0. The number of anilines is 2. The summed E-state index contributed by atoms with van der Waals surface area (Å²) in [7, 11) is 0. The maximum Gasteiger partial charge on any atom is 0.372 e. The minimum atomic E-state index is -1.24. The van der Waals surface area contributed by atoms with E-state index in [-0.39, 0.29) is 29.6 Å². The van der Waals surface area contributed by atoms with Gasteiger partial charge in [-0.2, -0.15) is 0 Å². The highest BCUT2D eigenvalue weighted by atomic mass is 35.5. The van der Waals surface area contributed by atoms with Crippen molar-refractivity contribution in [2.75, 3.05) is 11.1 Å². The number of aromatic nitrogens is 2. The molecular weight excluding hydrogens is 450 g/mol. The molecule has 11 heteroatoms. The van der Waals surface area contributed by atoms with E-state index in [2.05, 4.69) is 15.3 Å². The molecule has 1 heterocycles. The Balaban J connectivity index is 0.000000228. The van der Waals surface area contributed by atoms with E-state index in [4.69, 9.17) is 16.6 Å². The summed E-state index contributed by atoms with van der Waals surface area (Å²) < 4.78 is 0. The van der Waals surface area contributed by atoms with Crippen LogP contribution in [0.4, 0.5) is 11.4 Å². The van der Waals surface area contributed by atoms with Crippen LogP contribution in [0.1, 0.15) is 27.3 Å². The Labute approximate surface area is 193 Å². The van der Waals surface area contributed by atoms with Gasteiger partial charge in [0.25, 0.3) is 16.4 Å². The fraction of sp³-hybridized carbons (Fsp3) is 0.136. The number of hydrogen-bond donors (Lipinski definition) is 5. The van der Waals surface area contributed by atoms with Crippen molar-refractivity contribution in [1.29, 1.82) is 0 Å². The first-order valence-corrected chi connectivity index (χ1v) is 9.56. The number of carbonyl (C=O) groups is 1. The summed E-state index contributed by atoms with van der Waals surface area (Å²) in [6, 6.07) is 12.8. The number of aromatic amines is 1. The normalized spacial score (nSPS) is 10.2. The molecule has 1 aromatic heterocycles. The van der Waals surface area contributed by atoms with Crippen molar-refractivity contribution in [2.45, 2.75) is 20.0 Å². The highest BCUT2D eigenvalue weighted by Gasteiger charge is 2.17. The number of aromatic carboxylic acids is 1. The average Bonchev–Trinajstić information content (AvgIpc) is 2.79. The van der Waals surface area contributed by atoms with Crippen LogP contribution >= 0.6 is 12.4 Å². The zero-order chi connectivity index (χ0) is 23.4. The molecule has 0 aliphatic carbocycles. The van der Waals surface area contributed by atoms with Crippen molar-refractivity contribution in [2.24, 2.45) is 5.73 Å². The number of nitrogens with one attached hydrogen (secondary N) is 2. The van der Waals surface area contributed by atoms with Crippen LogP contribution in [-0.4, -0.2) is 21.0 Å². The SMILES string of the molecule is Cc1cccc2nc(C(=O)O)[nH]c(=O)c12.Cl.NCc1cccc(CNc2c(N)c(=O)c2=O)c1. The van der Waals surface area contributed by atoms with Crippen molar-refractivity contribution in [3.8, 4) is 0 Å². The molecule has 0 bridgehead atoms. The molecule has 0 fully saturated rings. The van der Waals surface area contributed by atoms with Crippen molar-refractivity contribution in [1.82, 2.24) is 9.97 Å². The van der Waals surface area contributed by atoms with E-state index in [1.807, 2.05) is 24.3 Å². The molecule has 3 aromatic carbocycles. The number of fused-ring (bicyclic) bond motifs is 1. The van der Waals surface area contributed by atoms with Crippen LogP contribution < -0.4 is 33.2 Å². The summed E-state index contributed by atoms with van der Waals surface area (Å²) in [4.78, 5) is 50.3. The van der Waals surface area contributed by atoms with Gasteiger partial charge in [0.15, 0.2) is 0 Å². The molecule has 4 aromatic rings. The van der Waals surface area contributed by atoms with E-state index < -0.39 is 22.4 Å². The maximum atomic E-state index is 11.6. The van der Waals surface area contributed by atoms with Gasteiger partial charge in [-0.05, 0) is 29.7 Å². The van der Waals surface area contributed by atoms with Gasteiger partial charge in [-0.3, -0.25) is 14.4 Å². The third-order valence-corrected chi connectivity index (χ3v) is 4.79. The minimum Gasteiger partial charge on any atom is -0.475 e. The number of nitrogens with two attached hydrogens (primary N) is 2. The maximum absolute atomic E-state index is 11.6. The number of hydrogen-bond acceptors (Lipinski definition) is 8. The third kappa shape index (κ3) is 5.43. The minimum absolute atomic E-state index is 0. The lowest BCUT2D eigenvalue weighted by Crippen LogP contribution is -2.36. The Hall–Kier alpha value is -4.02. The molecular formula is C22H22ClN5O5. The Morgan fingerprint density at radius 2 is 1.76 bits per heavy atom. The number of nitrogen functional groups attached to an aromatic ring is 1. The van der Waals surface area contributed by atoms with Gasteiger partial charge in [-0.15, -0.1) is 12.4 Å². The van der Waals surface area contributed by atoms with Crippen LogP contribution in [-0.2, 0) is 13.1 Å². The molecule has 4 rings (SSSR count).